The summed E-state index contributed by atoms with van der Waals surface area (Å²) in [6.45, 7) is 6.92. The molecule has 0 saturated carbocycles. The number of hydrogen-bond acceptors (Lipinski definition) is 5. The van der Waals surface area contributed by atoms with E-state index in [2.05, 4.69) is 13.0 Å². The van der Waals surface area contributed by atoms with Crippen molar-refractivity contribution in [2.45, 2.75) is 20.8 Å². The summed E-state index contributed by atoms with van der Waals surface area (Å²) in [5.41, 5.74) is 5.05. The van der Waals surface area contributed by atoms with Crippen molar-refractivity contribution < 1.29 is 14.3 Å². The van der Waals surface area contributed by atoms with Crippen molar-refractivity contribution >= 4 is 46.0 Å². The molecule has 168 valence electrons. The Bertz CT molecular complexity index is 1220. The maximum Gasteiger partial charge on any atom is 0.270 e. The van der Waals surface area contributed by atoms with Crippen LogP contribution in [-0.2, 0) is 4.79 Å². The van der Waals surface area contributed by atoms with Crippen molar-refractivity contribution in [1.82, 2.24) is 0 Å². The topological polar surface area (TPSA) is 38.8 Å². The molecule has 3 aromatic rings. The van der Waals surface area contributed by atoms with Crippen molar-refractivity contribution in [1.29, 1.82) is 0 Å². The summed E-state index contributed by atoms with van der Waals surface area (Å²) in [5, 5.41) is 0. The van der Waals surface area contributed by atoms with Crippen molar-refractivity contribution in [2.75, 3.05) is 18.1 Å². The van der Waals surface area contributed by atoms with Gasteiger partial charge in [-0.05, 0) is 56.7 Å². The average Bonchev–Trinajstić information content (AvgIpc) is 3.07. The lowest BCUT2D eigenvalue weighted by atomic mass is 10.1. The van der Waals surface area contributed by atoms with E-state index in [0.717, 1.165) is 28.1 Å². The van der Waals surface area contributed by atoms with Crippen molar-refractivity contribution in [3.63, 3.8) is 0 Å². The molecule has 1 heterocycles. The Morgan fingerprint density at radius 3 is 2.27 bits per heavy atom. The van der Waals surface area contributed by atoms with Gasteiger partial charge in [-0.2, -0.15) is 0 Å². The van der Waals surface area contributed by atoms with E-state index in [1.807, 2.05) is 80.6 Å². The highest BCUT2D eigenvalue weighted by Crippen LogP contribution is 2.37. The van der Waals surface area contributed by atoms with Crippen LogP contribution < -0.4 is 14.4 Å². The number of carbonyl (C=O) groups excluding carboxylic acids is 1. The first-order chi connectivity index (χ1) is 15.9. The van der Waals surface area contributed by atoms with E-state index in [-0.39, 0.29) is 5.91 Å². The van der Waals surface area contributed by atoms with Gasteiger partial charge < -0.3 is 9.47 Å². The molecule has 1 saturated heterocycles. The first-order valence-corrected chi connectivity index (χ1v) is 11.9. The van der Waals surface area contributed by atoms with E-state index in [1.54, 1.807) is 4.90 Å². The minimum absolute atomic E-state index is 0.123. The molecular formula is C27H25NO3S2. The average molecular weight is 476 g/mol. The fourth-order valence-electron chi connectivity index (χ4n) is 3.52. The van der Waals surface area contributed by atoms with Crippen LogP contribution in [0.1, 0.15) is 22.3 Å². The summed E-state index contributed by atoms with van der Waals surface area (Å²) in [6, 6.07) is 21.5. The van der Waals surface area contributed by atoms with Gasteiger partial charge in [0.15, 0.2) is 4.32 Å². The number of ether oxygens (including phenoxy) is 2. The van der Waals surface area contributed by atoms with Crippen molar-refractivity contribution in [2.24, 2.45) is 0 Å². The number of rotatable bonds is 7. The van der Waals surface area contributed by atoms with Gasteiger partial charge in [0.05, 0.1) is 10.6 Å². The van der Waals surface area contributed by atoms with E-state index < -0.39 is 0 Å². The highest BCUT2D eigenvalue weighted by Gasteiger charge is 2.33. The number of hydrogen-bond donors (Lipinski definition) is 0. The first-order valence-electron chi connectivity index (χ1n) is 10.7. The second-order valence-corrected chi connectivity index (χ2v) is 9.53. The third-order valence-electron chi connectivity index (χ3n) is 5.22. The summed E-state index contributed by atoms with van der Waals surface area (Å²) in [4.78, 5) is 15.2. The zero-order chi connectivity index (χ0) is 23.4. The Labute approximate surface area is 204 Å². The van der Waals surface area contributed by atoms with Crippen LogP contribution >= 0.6 is 24.0 Å². The highest BCUT2D eigenvalue weighted by atomic mass is 32.2. The summed E-state index contributed by atoms with van der Waals surface area (Å²) in [6.07, 6.45) is 1.84. The van der Waals surface area contributed by atoms with Gasteiger partial charge in [-0.1, -0.05) is 77.6 Å². The molecule has 1 amide bonds. The molecule has 0 aromatic heterocycles. The van der Waals surface area contributed by atoms with Crippen molar-refractivity contribution in [3.8, 4) is 11.5 Å². The minimum atomic E-state index is -0.123. The normalized spacial score (nSPS) is 14.8. The number of aryl methyl sites for hydroxylation is 3. The molecule has 0 unspecified atom stereocenters. The zero-order valence-corrected chi connectivity index (χ0v) is 20.5. The molecule has 0 spiro atoms. The van der Waals surface area contributed by atoms with E-state index >= 15 is 0 Å². The van der Waals surface area contributed by atoms with Gasteiger partial charge in [-0.25, -0.2) is 0 Å². The maximum atomic E-state index is 13.1. The third kappa shape index (κ3) is 5.46. The Morgan fingerprint density at radius 2 is 1.55 bits per heavy atom. The standard InChI is InChI=1S/C27H25NO3S2/c1-18-8-11-22(12-9-18)28-26(29)25(33-27(28)32)17-21-6-4-5-7-24(21)31-15-14-30-23-13-10-19(2)16-20(23)3/h4-13,16-17H,14-15H2,1-3H3/b25-17-. The highest BCUT2D eigenvalue weighted by molar-refractivity contribution is 8.27. The fraction of sp³-hybridized carbons (Fsp3) is 0.185. The molecule has 3 aromatic carbocycles. The largest absolute Gasteiger partial charge is 0.490 e. The molecule has 33 heavy (non-hydrogen) atoms. The second kappa shape index (κ2) is 10.2. The van der Waals surface area contributed by atoms with Gasteiger partial charge in [0.25, 0.3) is 5.91 Å². The van der Waals surface area contributed by atoms with Gasteiger partial charge in [-0.3, -0.25) is 9.69 Å². The van der Waals surface area contributed by atoms with E-state index in [9.17, 15) is 4.79 Å². The fourth-order valence-corrected chi connectivity index (χ4v) is 4.81. The Kier molecular flexibility index (Phi) is 7.16. The van der Waals surface area contributed by atoms with Crippen LogP contribution in [0.15, 0.2) is 71.6 Å². The smallest absolute Gasteiger partial charge is 0.270 e. The van der Waals surface area contributed by atoms with E-state index in [1.165, 1.54) is 17.3 Å². The van der Waals surface area contributed by atoms with E-state index in [4.69, 9.17) is 21.7 Å². The second-order valence-electron chi connectivity index (χ2n) is 7.86. The summed E-state index contributed by atoms with van der Waals surface area (Å²) >= 11 is 6.79. The number of para-hydroxylation sites is 1. The number of thiocarbonyl (C=S) groups is 1. The van der Waals surface area contributed by atoms with Crippen molar-refractivity contribution in [3.05, 3.63) is 93.9 Å². The van der Waals surface area contributed by atoms with Crippen LogP contribution in [0.2, 0.25) is 0 Å². The summed E-state index contributed by atoms with van der Waals surface area (Å²) < 4.78 is 12.4. The molecule has 1 aliphatic heterocycles. The number of nitrogens with zero attached hydrogens (tertiary/aromatic N) is 1. The SMILES string of the molecule is Cc1ccc(N2C(=O)/C(=C/c3ccccc3OCCOc3ccc(C)cc3C)SC2=S)cc1. The molecule has 0 aliphatic carbocycles. The molecular weight excluding hydrogens is 450 g/mol. The third-order valence-corrected chi connectivity index (χ3v) is 6.52. The number of amides is 1. The molecule has 6 heteroatoms. The van der Waals surface area contributed by atoms with Gasteiger partial charge in [0, 0.05) is 5.56 Å². The minimum Gasteiger partial charge on any atom is -0.490 e. The maximum absolute atomic E-state index is 13.1. The van der Waals surface area contributed by atoms with Crippen LogP contribution in [0.3, 0.4) is 0 Å². The van der Waals surface area contributed by atoms with Gasteiger partial charge in [0.1, 0.15) is 24.7 Å². The van der Waals surface area contributed by atoms with Gasteiger partial charge >= 0.3 is 0 Å². The Hall–Kier alpha value is -3.09. The number of anilines is 1. The quantitative estimate of drug-likeness (QED) is 0.222. The lowest BCUT2D eigenvalue weighted by Gasteiger charge is -2.14. The van der Waals surface area contributed by atoms with Crippen LogP contribution in [0, 0.1) is 20.8 Å². The lowest BCUT2D eigenvalue weighted by molar-refractivity contribution is -0.113. The Balaban J connectivity index is 1.44. The molecule has 0 atom stereocenters. The van der Waals surface area contributed by atoms with Crippen LogP contribution in [0.4, 0.5) is 5.69 Å². The molecule has 0 radical (unpaired) electrons. The molecule has 4 nitrogen and oxygen atoms in total. The van der Waals surface area contributed by atoms with Crippen LogP contribution in [0.25, 0.3) is 6.08 Å². The number of carbonyl (C=O) groups is 1. The zero-order valence-electron chi connectivity index (χ0n) is 18.8. The monoisotopic (exact) mass is 475 g/mol. The number of benzene rings is 3. The molecule has 0 bridgehead atoms. The van der Waals surface area contributed by atoms with E-state index in [0.29, 0.717) is 28.2 Å². The van der Waals surface area contributed by atoms with Crippen LogP contribution in [0.5, 0.6) is 11.5 Å². The predicted molar refractivity (Wildman–Crippen MR) is 140 cm³/mol. The summed E-state index contributed by atoms with van der Waals surface area (Å²) in [7, 11) is 0. The lowest BCUT2D eigenvalue weighted by Crippen LogP contribution is -2.27. The molecule has 1 fully saturated rings. The Morgan fingerprint density at radius 1 is 0.879 bits per heavy atom. The molecule has 0 N–H and O–H groups in total. The predicted octanol–water partition coefficient (Wildman–Crippen LogP) is 6.48. The first kappa shape index (κ1) is 23.1. The van der Waals surface area contributed by atoms with Gasteiger partial charge in [0.2, 0.25) is 0 Å². The summed E-state index contributed by atoms with van der Waals surface area (Å²) in [5.74, 6) is 1.43. The molecule has 1 aliphatic rings. The van der Waals surface area contributed by atoms with Crippen LogP contribution in [-0.4, -0.2) is 23.4 Å². The van der Waals surface area contributed by atoms with Gasteiger partial charge in [-0.15, -0.1) is 0 Å². The number of thioether (sulfide) groups is 1. The molecule has 4 rings (SSSR count).